The van der Waals surface area contributed by atoms with Crippen LogP contribution in [0.3, 0.4) is 0 Å². The number of para-hydroxylation sites is 1. The Morgan fingerprint density at radius 1 is 1.29 bits per heavy atom. The molecule has 0 heterocycles. The van der Waals surface area contributed by atoms with Gasteiger partial charge in [0.15, 0.2) is 0 Å². The van der Waals surface area contributed by atoms with Gasteiger partial charge in [-0.25, -0.2) is 4.79 Å². The largest absolute Gasteiger partial charge is 0.480 e. The van der Waals surface area contributed by atoms with Crippen LogP contribution in [0.1, 0.15) is 33.6 Å². The molecule has 1 rings (SSSR count). The van der Waals surface area contributed by atoms with Crippen molar-refractivity contribution in [1.82, 2.24) is 0 Å². The van der Waals surface area contributed by atoms with E-state index in [9.17, 15) is 9.90 Å². The summed E-state index contributed by atoms with van der Waals surface area (Å²) in [6.07, 6.45) is 1.50. The minimum absolute atomic E-state index is 0.644. The second kappa shape index (κ2) is 5.71. The maximum Gasteiger partial charge on any atom is 0.329 e. The van der Waals surface area contributed by atoms with Crippen molar-refractivity contribution in [1.29, 1.82) is 0 Å². The quantitative estimate of drug-likeness (QED) is 0.823. The van der Waals surface area contributed by atoms with Crippen LogP contribution >= 0.6 is 0 Å². The Morgan fingerprint density at radius 3 is 2.29 bits per heavy atom. The SMILES string of the molecule is CCCC(C)(C(=O)O)N(CC)c1ccccc1. The van der Waals surface area contributed by atoms with E-state index in [1.165, 1.54) is 0 Å². The highest BCUT2D eigenvalue weighted by molar-refractivity contribution is 5.83. The third-order valence-corrected chi connectivity index (χ3v) is 3.18. The summed E-state index contributed by atoms with van der Waals surface area (Å²) < 4.78 is 0. The Bertz CT molecular complexity index is 364. The summed E-state index contributed by atoms with van der Waals surface area (Å²) in [6.45, 7) is 6.49. The highest BCUT2D eigenvalue weighted by atomic mass is 16.4. The predicted octanol–water partition coefficient (Wildman–Crippen LogP) is 3.16. The van der Waals surface area contributed by atoms with Crippen molar-refractivity contribution in [3.05, 3.63) is 30.3 Å². The van der Waals surface area contributed by atoms with E-state index in [-0.39, 0.29) is 0 Å². The molecule has 1 atom stereocenters. The molecule has 0 aliphatic heterocycles. The normalized spacial score (nSPS) is 14.1. The van der Waals surface area contributed by atoms with Crippen molar-refractivity contribution in [3.8, 4) is 0 Å². The van der Waals surface area contributed by atoms with Gasteiger partial charge in [0.1, 0.15) is 5.54 Å². The molecule has 0 amide bonds. The molecule has 17 heavy (non-hydrogen) atoms. The monoisotopic (exact) mass is 235 g/mol. The van der Waals surface area contributed by atoms with Crippen LogP contribution in [0.15, 0.2) is 30.3 Å². The molecule has 1 aromatic carbocycles. The molecular weight excluding hydrogens is 214 g/mol. The van der Waals surface area contributed by atoms with Crippen LogP contribution in [0.25, 0.3) is 0 Å². The molecule has 3 nitrogen and oxygen atoms in total. The van der Waals surface area contributed by atoms with Gasteiger partial charge in [-0.05, 0) is 32.4 Å². The van der Waals surface area contributed by atoms with Crippen molar-refractivity contribution in [2.45, 2.75) is 39.2 Å². The lowest BCUT2D eigenvalue weighted by Crippen LogP contribution is -2.52. The molecule has 1 aromatic rings. The summed E-state index contributed by atoms with van der Waals surface area (Å²) in [5.74, 6) is -0.759. The number of carboxylic acids is 1. The fourth-order valence-corrected chi connectivity index (χ4v) is 2.27. The molecule has 3 heteroatoms. The minimum Gasteiger partial charge on any atom is -0.480 e. The molecule has 1 N–H and O–H groups in total. The van der Waals surface area contributed by atoms with Gasteiger partial charge in [0.2, 0.25) is 0 Å². The Labute approximate surface area is 103 Å². The highest BCUT2D eigenvalue weighted by Gasteiger charge is 2.38. The maximum atomic E-state index is 11.5. The first-order chi connectivity index (χ1) is 8.06. The summed E-state index contributed by atoms with van der Waals surface area (Å²) >= 11 is 0. The predicted molar refractivity (Wildman–Crippen MR) is 70.4 cm³/mol. The molecule has 0 bridgehead atoms. The summed E-state index contributed by atoms with van der Waals surface area (Å²) in [6, 6.07) is 9.73. The molecule has 0 fully saturated rings. The molecule has 0 radical (unpaired) electrons. The van der Waals surface area contributed by atoms with Crippen molar-refractivity contribution >= 4 is 11.7 Å². The Hall–Kier alpha value is -1.51. The van der Waals surface area contributed by atoms with Crippen molar-refractivity contribution < 1.29 is 9.90 Å². The highest BCUT2D eigenvalue weighted by Crippen LogP contribution is 2.28. The molecule has 0 aliphatic carbocycles. The van der Waals surface area contributed by atoms with E-state index in [1.807, 2.05) is 49.1 Å². The lowest BCUT2D eigenvalue weighted by atomic mass is 9.93. The zero-order chi connectivity index (χ0) is 12.9. The topological polar surface area (TPSA) is 40.5 Å². The van der Waals surface area contributed by atoms with Crippen LogP contribution in [-0.2, 0) is 4.79 Å². The van der Waals surface area contributed by atoms with E-state index in [4.69, 9.17) is 0 Å². The Balaban J connectivity index is 3.10. The fourth-order valence-electron chi connectivity index (χ4n) is 2.27. The van der Waals surface area contributed by atoms with Gasteiger partial charge >= 0.3 is 5.97 Å². The van der Waals surface area contributed by atoms with Gasteiger partial charge < -0.3 is 10.0 Å². The van der Waals surface area contributed by atoms with Crippen molar-refractivity contribution in [2.75, 3.05) is 11.4 Å². The zero-order valence-corrected chi connectivity index (χ0v) is 10.8. The minimum atomic E-state index is -0.829. The lowest BCUT2D eigenvalue weighted by molar-refractivity contribution is -0.143. The van der Waals surface area contributed by atoms with E-state index < -0.39 is 11.5 Å². The van der Waals surface area contributed by atoms with E-state index in [1.54, 1.807) is 6.92 Å². The number of hydrogen-bond acceptors (Lipinski definition) is 2. The van der Waals surface area contributed by atoms with Gasteiger partial charge in [-0.15, -0.1) is 0 Å². The van der Waals surface area contributed by atoms with Gasteiger partial charge in [0.25, 0.3) is 0 Å². The Kier molecular flexibility index (Phi) is 4.55. The van der Waals surface area contributed by atoms with E-state index in [2.05, 4.69) is 0 Å². The van der Waals surface area contributed by atoms with Gasteiger partial charge in [0.05, 0.1) is 0 Å². The Morgan fingerprint density at radius 2 is 1.88 bits per heavy atom. The summed E-state index contributed by atoms with van der Waals surface area (Å²) in [4.78, 5) is 13.5. The molecule has 94 valence electrons. The third-order valence-electron chi connectivity index (χ3n) is 3.18. The van der Waals surface area contributed by atoms with Crippen LogP contribution in [0.2, 0.25) is 0 Å². The first-order valence-corrected chi connectivity index (χ1v) is 6.12. The van der Waals surface area contributed by atoms with Crippen molar-refractivity contribution in [2.24, 2.45) is 0 Å². The van der Waals surface area contributed by atoms with Crippen LogP contribution < -0.4 is 4.90 Å². The summed E-state index contributed by atoms with van der Waals surface area (Å²) in [7, 11) is 0. The number of aliphatic carboxylic acids is 1. The standard InChI is InChI=1S/C14H21NO2/c1-4-11-14(3,13(16)17)15(5-2)12-9-7-6-8-10-12/h6-10H,4-5,11H2,1-3H3,(H,16,17). The average Bonchev–Trinajstić information content (AvgIpc) is 2.31. The second-order valence-electron chi connectivity index (χ2n) is 4.41. The number of carbonyl (C=O) groups is 1. The number of hydrogen-bond donors (Lipinski definition) is 1. The first-order valence-electron chi connectivity index (χ1n) is 6.12. The molecule has 0 aliphatic rings. The molecule has 0 saturated carbocycles. The van der Waals surface area contributed by atoms with Crippen LogP contribution in [0.4, 0.5) is 5.69 Å². The number of anilines is 1. The number of benzene rings is 1. The van der Waals surface area contributed by atoms with Gasteiger partial charge in [-0.1, -0.05) is 31.5 Å². The summed E-state index contributed by atoms with van der Waals surface area (Å²) in [5, 5.41) is 9.48. The second-order valence-corrected chi connectivity index (χ2v) is 4.41. The number of rotatable bonds is 6. The molecule has 0 aromatic heterocycles. The maximum absolute atomic E-state index is 11.5. The van der Waals surface area contributed by atoms with Gasteiger partial charge in [0, 0.05) is 12.2 Å². The van der Waals surface area contributed by atoms with Crippen LogP contribution in [0.5, 0.6) is 0 Å². The van der Waals surface area contributed by atoms with Gasteiger partial charge in [-0.2, -0.15) is 0 Å². The number of likely N-dealkylation sites (N-methyl/N-ethyl adjacent to an activating group) is 1. The summed E-state index contributed by atoms with van der Waals surface area (Å²) in [5.41, 5.74) is 0.138. The van der Waals surface area contributed by atoms with E-state index >= 15 is 0 Å². The average molecular weight is 235 g/mol. The lowest BCUT2D eigenvalue weighted by Gasteiger charge is -2.39. The third kappa shape index (κ3) is 2.78. The van der Waals surface area contributed by atoms with Gasteiger partial charge in [-0.3, -0.25) is 0 Å². The molecule has 1 unspecified atom stereocenters. The number of nitrogens with zero attached hydrogens (tertiary/aromatic N) is 1. The molecule has 0 saturated heterocycles. The van der Waals surface area contributed by atoms with Crippen molar-refractivity contribution in [3.63, 3.8) is 0 Å². The van der Waals surface area contributed by atoms with Crippen LogP contribution in [0, 0.1) is 0 Å². The van der Waals surface area contributed by atoms with Crippen LogP contribution in [-0.4, -0.2) is 23.2 Å². The molecule has 0 spiro atoms. The number of carboxylic acid groups (broad SMARTS) is 1. The van der Waals surface area contributed by atoms with E-state index in [0.29, 0.717) is 13.0 Å². The molecular formula is C14H21NO2. The smallest absolute Gasteiger partial charge is 0.329 e. The fraction of sp³-hybridized carbons (Fsp3) is 0.500. The zero-order valence-electron chi connectivity index (χ0n) is 10.8. The van der Waals surface area contributed by atoms with E-state index in [0.717, 1.165) is 12.1 Å². The first kappa shape index (κ1) is 13.6.